The lowest BCUT2D eigenvalue weighted by molar-refractivity contribution is 0.415. The molecule has 0 amide bonds. The molecule has 0 radical (unpaired) electrons. The number of hydrogen-bond donors (Lipinski definition) is 0. The van der Waals surface area contributed by atoms with E-state index in [0.29, 0.717) is 36.2 Å². The van der Waals surface area contributed by atoms with Gasteiger partial charge in [-0.1, -0.05) is 6.07 Å². The molecule has 0 aromatic carbocycles. The lowest BCUT2D eigenvalue weighted by Gasteiger charge is -2.16. The summed E-state index contributed by atoms with van der Waals surface area (Å²) in [4.78, 5) is 11.9. The Morgan fingerprint density at radius 2 is 2.06 bits per heavy atom. The summed E-state index contributed by atoms with van der Waals surface area (Å²) in [6.07, 6.45) is 0.673. The van der Waals surface area contributed by atoms with Gasteiger partial charge in [0.2, 0.25) is 10.0 Å². The third kappa shape index (κ3) is 2.67. The molecule has 1 aliphatic heterocycles. The molecule has 2 rings (SSSR count). The lowest BCUT2D eigenvalue weighted by atomic mass is 10.3. The molecule has 18 heavy (non-hydrogen) atoms. The second-order valence-corrected chi connectivity index (χ2v) is 7.27. The Bertz CT molecular complexity index is 609. The van der Waals surface area contributed by atoms with Crippen LogP contribution in [0.5, 0.6) is 0 Å². The van der Waals surface area contributed by atoms with Crippen molar-refractivity contribution in [3.63, 3.8) is 0 Å². The first-order valence-corrected chi connectivity index (χ1v) is 8.16. The molecular formula is C11H15BrN2O3S. The Balaban J connectivity index is 2.17. The molecule has 1 aromatic heterocycles. The first-order chi connectivity index (χ1) is 8.42. The minimum absolute atomic E-state index is 0.0824. The fourth-order valence-corrected chi connectivity index (χ4v) is 4.02. The summed E-state index contributed by atoms with van der Waals surface area (Å²) in [5, 5.41) is 0. The largest absolute Gasteiger partial charge is 0.301 e. The van der Waals surface area contributed by atoms with Crippen LogP contribution in [0.3, 0.4) is 0 Å². The van der Waals surface area contributed by atoms with Crippen molar-refractivity contribution < 1.29 is 8.42 Å². The van der Waals surface area contributed by atoms with E-state index in [0.717, 1.165) is 0 Å². The predicted octanol–water partition coefficient (Wildman–Crippen LogP) is 0.955. The molecule has 1 fully saturated rings. The number of pyridine rings is 1. The highest BCUT2D eigenvalue weighted by molar-refractivity contribution is 9.10. The van der Waals surface area contributed by atoms with Gasteiger partial charge in [-0.15, -0.1) is 0 Å². The molecule has 0 N–H and O–H groups in total. The van der Waals surface area contributed by atoms with Gasteiger partial charge in [-0.05, 0) is 35.3 Å². The van der Waals surface area contributed by atoms with E-state index >= 15 is 0 Å². The van der Waals surface area contributed by atoms with E-state index in [4.69, 9.17) is 0 Å². The first-order valence-electron chi connectivity index (χ1n) is 5.75. The third-order valence-corrected chi connectivity index (χ3v) is 5.74. The number of aryl methyl sites for hydroxylation is 1. The van der Waals surface area contributed by atoms with Crippen LogP contribution in [-0.2, 0) is 16.6 Å². The van der Waals surface area contributed by atoms with E-state index in [9.17, 15) is 13.2 Å². The van der Waals surface area contributed by atoms with Crippen LogP contribution >= 0.6 is 15.9 Å². The second-order valence-electron chi connectivity index (χ2n) is 4.36. The highest BCUT2D eigenvalue weighted by atomic mass is 79.9. The Kier molecular flexibility index (Phi) is 3.93. The van der Waals surface area contributed by atoms with Crippen LogP contribution in [0.2, 0.25) is 0 Å². The van der Waals surface area contributed by atoms with Crippen molar-refractivity contribution in [2.24, 2.45) is 0 Å². The van der Waals surface area contributed by atoms with Crippen LogP contribution in [0.15, 0.2) is 21.5 Å². The van der Waals surface area contributed by atoms with Gasteiger partial charge >= 0.3 is 0 Å². The molecule has 0 unspecified atom stereocenters. The average Bonchev–Trinajstić information content (AvgIpc) is 2.64. The summed E-state index contributed by atoms with van der Waals surface area (Å²) < 4.78 is 27.0. The molecule has 0 aliphatic carbocycles. The van der Waals surface area contributed by atoms with Gasteiger partial charge in [-0.3, -0.25) is 4.79 Å². The molecule has 7 heteroatoms. The Labute approximate surface area is 115 Å². The minimum Gasteiger partial charge on any atom is -0.301 e. The zero-order chi connectivity index (χ0) is 13.3. The highest BCUT2D eigenvalue weighted by Crippen LogP contribution is 2.14. The zero-order valence-electron chi connectivity index (χ0n) is 10.1. The molecule has 1 aliphatic rings. The Morgan fingerprint density at radius 3 is 2.67 bits per heavy atom. The average molecular weight is 335 g/mol. The molecule has 0 bridgehead atoms. The Morgan fingerprint density at radius 1 is 1.33 bits per heavy atom. The topological polar surface area (TPSA) is 59.4 Å². The first kappa shape index (κ1) is 13.8. The molecule has 1 aromatic rings. The van der Waals surface area contributed by atoms with Gasteiger partial charge in [-0.25, -0.2) is 12.7 Å². The molecule has 1 saturated heterocycles. The number of sulfonamides is 1. The zero-order valence-corrected chi connectivity index (χ0v) is 12.5. The smallest absolute Gasteiger partial charge is 0.254 e. The number of halogens is 1. The van der Waals surface area contributed by atoms with E-state index in [1.807, 2.05) is 0 Å². The maximum atomic E-state index is 11.9. The van der Waals surface area contributed by atoms with Crippen molar-refractivity contribution in [2.45, 2.75) is 19.9 Å². The van der Waals surface area contributed by atoms with E-state index in [1.165, 1.54) is 4.31 Å². The van der Waals surface area contributed by atoms with Crippen molar-refractivity contribution in [2.75, 3.05) is 18.8 Å². The van der Waals surface area contributed by atoms with Gasteiger partial charge in [0.05, 0.1) is 10.4 Å². The summed E-state index contributed by atoms with van der Waals surface area (Å²) in [5.74, 6) is 0.219. The summed E-state index contributed by atoms with van der Waals surface area (Å²) in [6.45, 7) is 3.03. The van der Waals surface area contributed by atoms with Crippen LogP contribution in [0.1, 0.15) is 12.0 Å². The van der Waals surface area contributed by atoms with Crippen molar-refractivity contribution >= 4 is 26.0 Å². The Hall–Kier alpha value is -0.660. The van der Waals surface area contributed by atoms with Crippen LogP contribution in [0.25, 0.3) is 0 Å². The number of aromatic nitrogens is 1. The summed E-state index contributed by atoms with van der Waals surface area (Å²) in [6, 6.07) is 3.55. The molecule has 2 heterocycles. The maximum Gasteiger partial charge on any atom is 0.254 e. The van der Waals surface area contributed by atoms with E-state index < -0.39 is 10.0 Å². The molecular weight excluding hydrogens is 320 g/mol. The van der Waals surface area contributed by atoms with Gasteiger partial charge in [0.25, 0.3) is 5.56 Å². The lowest BCUT2D eigenvalue weighted by Crippen LogP contribution is -2.33. The van der Waals surface area contributed by atoms with Crippen molar-refractivity contribution in [1.29, 1.82) is 0 Å². The van der Waals surface area contributed by atoms with E-state index in [-0.39, 0.29) is 11.3 Å². The number of rotatable bonds is 3. The van der Waals surface area contributed by atoms with Gasteiger partial charge in [0.15, 0.2) is 0 Å². The maximum absolute atomic E-state index is 11.9. The van der Waals surface area contributed by atoms with E-state index in [1.54, 1.807) is 23.6 Å². The van der Waals surface area contributed by atoms with Crippen molar-refractivity contribution in [3.8, 4) is 0 Å². The van der Waals surface area contributed by atoms with Gasteiger partial charge in [0, 0.05) is 25.2 Å². The van der Waals surface area contributed by atoms with Crippen LogP contribution < -0.4 is 5.56 Å². The van der Waals surface area contributed by atoms with Crippen LogP contribution in [0, 0.1) is 6.92 Å². The monoisotopic (exact) mass is 334 g/mol. The molecule has 5 nitrogen and oxygen atoms in total. The predicted molar refractivity (Wildman–Crippen MR) is 73.1 cm³/mol. The normalized spacial score (nSPS) is 19.2. The standard InChI is InChI=1S/C11H15BrN2O3S/c1-9-3-4-10(12)14(11(9)15)7-6-13-5-2-8-18(13,16)17/h3-4H,2,5-8H2,1H3. The summed E-state index contributed by atoms with van der Waals surface area (Å²) in [5.41, 5.74) is 0.573. The molecule has 0 saturated carbocycles. The fraction of sp³-hybridized carbons (Fsp3) is 0.545. The SMILES string of the molecule is Cc1ccc(Br)n(CCN2CCCS2(=O)=O)c1=O. The highest BCUT2D eigenvalue weighted by Gasteiger charge is 2.27. The number of hydrogen-bond acceptors (Lipinski definition) is 3. The number of nitrogens with zero attached hydrogens (tertiary/aromatic N) is 2. The van der Waals surface area contributed by atoms with E-state index in [2.05, 4.69) is 15.9 Å². The molecule has 0 spiro atoms. The summed E-state index contributed by atoms with van der Waals surface area (Å²) >= 11 is 3.31. The van der Waals surface area contributed by atoms with Gasteiger partial charge < -0.3 is 4.57 Å². The fourth-order valence-electron chi connectivity index (χ4n) is 2.03. The van der Waals surface area contributed by atoms with Crippen LogP contribution in [0.4, 0.5) is 0 Å². The second kappa shape index (κ2) is 5.14. The molecule has 0 atom stereocenters. The van der Waals surface area contributed by atoms with Gasteiger partial charge in [-0.2, -0.15) is 0 Å². The summed E-state index contributed by atoms with van der Waals surface area (Å²) in [7, 11) is -3.09. The van der Waals surface area contributed by atoms with Gasteiger partial charge in [0.1, 0.15) is 0 Å². The van der Waals surface area contributed by atoms with Crippen molar-refractivity contribution in [3.05, 3.63) is 32.7 Å². The van der Waals surface area contributed by atoms with Crippen LogP contribution in [-0.4, -0.2) is 36.1 Å². The van der Waals surface area contributed by atoms with Crippen molar-refractivity contribution in [1.82, 2.24) is 8.87 Å². The molecule has 100 valence electrons. The third-order valence-electron chi connectivity index (χ3n) is 3.09. The minimum atomic E-state index is -3.09. The quantitative estimate of drug-likeness (QED) is 0.773.